The van der Waals surface area contributed by atoms with Crippen molar-refractivity contribution in [1.29, 1.82) is 0 Å². The van der Waals surface area contributed by atoms with Gasteiger partial charge in [0.15, 0.2) is 17.1 Å². The van der Waals surface area contributed by atoms with Crippen molar-refractivity contribution in [3.05, 3.63) is 252 Å². The van der Waals surface area contributed by atoms with Gasteiger partial charge in [-0.1, -0.05) is 117 Å². The van der Waals surface area contributed by atoms with Crippen LogP contribution in [0.25, 0.3) is 51.6 Å². The van der Waals surface area contributed by atoms with Crippen molar-refractivity contribution in [1.82, 2.24) is 0 Å². The molecule has 3 aliphatic rings. The summed E-state index contributed by atoms with van der Waals surface area (Å²) in [4.78, 5) is 6.34. The summed E-state index contributed by atoms with van der Waals surface area (Å²) >= 11 is 0. The van der Waals surface area contributed by atoms with Crippen LogP contribution in [-0.2, 0) is 0 Å². The second-order valence-corrected chi connectivity index (χ2v) is 20.1. The molecule has 0 aliphatic heterocycles. The van der Waals surface area contributed by atoms with E-state index < -0.39 is 0 Å². The molecule has 0 aromatic heterocycles. The first-order valence-corrected chi connectivity index (χ1v) is 25.6. The van der Waals surface area contributed by atoms with Crippen LogP contribution in [-0.4, -0.2) is 115 Å². The number of benzene rings is 6. The van der Waals surface area contributed by atoms with Crippen LogP contribution in [0.5, 0.6) is 0 Å². The van der Waals surface area contributed by atoms with Crippen LogP contribution in [0.4, 0.5) is 17.1 Å². The maximum atomic E-state index is 2.21. The van der Waals surface area contributed by atoms with E-state index in [0.717, 1.165) is 0 Å². The molecule has 0 amide bonds. The maximum Gasteiger partial charge on any atom is 0.199 e. The van der Waals surface area contributed by atoms with Gasteiger partial charge < -0.3 is 14.7 Å². The summed E-state index contributed by atoms with van der Waals surface area (Å²) in [6.45, 7) is 0. The van der Waals surface area contributed by atoms with Crippen molar-refractivity contribution in [2.45, 2.75) is 7.43 Å². The minimum absolute atomic E-state index is 0. The van der Waals surface area contributed by atoms with Gasteiger partial charge in [-0.2, -0.15) is 0 Å². The van der Waals surface area contributed by atoms with E-state index in [4.69, 9.17) is 0 Å². The Kier molecular flexibility index (Phi) is 20.2. The lowest BCUT2D eigenvalue weighted by Gasteiger charge is -2.12. The minimum atomic E-state index is 0. The highest BCUT2D eigenvalue weighted by Gasteiger charge is 2.08. The van der Waals surface area contributed by atoms with E-state index in [1.165, 1.54) is 101 Å². The van der Waals surface area contributed by atoms with Crippen molar-refractivity contribution in [3.63, 3.8) is 0 Å². The number of anilines is 3. The van der Waals surface area contributed by atoms with Crippen LogP contribution in [0.1, 0.15) is 24.1 Å². The van der Waals surface area contributed by atoms with Gasteiger partial charge in [-0.05, 0) is 158 Å². The van der Waals surface area contributed by atoms with E-state index in [9.17, 15) is 0 Å². The van der Waals surface area contributed by atoms with E-state index in [2.05, 4.69) is 350 Å². The van der Waals surface area contributed by atoms with E-state index in [1.54, 1.807) is 0 Å². The lowest BCUT2D eigenvalue weighted by Crippen LogP contribution is -2.09. The zero-order valence-electron chi connectivity index (χ0n) is 46.2. The van der Waals surface area contributed by atoms with Gasteiger partial charge in [-0.3, -0.25) is 0 Å². The van der Waals surface area contributed by atoms with Gasteiger partial charge >= 0.3 is 0 Å². The van der Waals surface area contributed by atoms with Crippen molar-refractivity contribution < 1.29 is 13.7 Å². The maximum absolute atomic E-state index is 2.21. The monoisotopic (exact) mass is 1000 g/mol. The number of hydrogen-bond acceptors (Lipinski definition) is 3. The number of allylic oxidation sites excluding steroid dienone is 15. The topological polar surface area (TPSA) is 18.8 Å². The summed E-state index contributed by atoms with van der Waals surface area (Å²) in [5.74, 6) is 0. The van der Waals surface area contributed by atoms with Crippen LogP contribution in [0.2, 0.25) is 0 Å². The van der Waals surface area contributed by atoms with Crippen LogP contribution >= 0.6 is 0 Å². The lowest BCUT2D eigenvalue weighted by atomic mass is 10.0. The van der Waals surface area contributed by atoms with Gasteiger partial charge in [-0.25, -0.2) is 13.7 Å². The molecule has 0 heterocycles. The zero-order valence-corrected chi connectivity index (χ0v) is 46.2. The number of hydrogen-bond donors (Lipinski definition) is 0. The SMILES string of the molecule is C.CN(C)c1ccc(-c2ccc(C=C3C=CC(=[N+](C)C)C=C3)cc2)cc1.CN(C)c1ccc(-c2ccc(C=C3C=CC(=[N+](C)C)C=C3)cc2)cc1.CN(C)c1ccc(-c2ccc(C=C3C=CC(=[N+](C)C)C=C3)cc2)cc1. The first-order chi connectivity index (χ1) is 36.1. The van der Waals surface area contributed by atoms with Crippen LogP contribution in [0, 0.1) is 0 Å². The summed E-state index contributed by atoms with van der Waals surface area (Å²) in [5, 5.41) is 0. The molecule has 6 aromatic carbocycles. The predicted octanol–water partition coefficient (Wildman–Crippen LogP) is 14.6. The normalized spacial score (nSPS) is 12.9. The van der Waals surface area contributed by atoms with Crippen molar-refractivity contribution in [2.75, 3.05) is 99.3 Å². The second-order valence-electron chi connectivity index (χ2n) is 20.1. The fourth-order valence-electron chi connectivity index (χ4n) is 8.35. The molecule has 0 bridgehead atoms. The number of rotatable bonds is 9. The quantitative estimate of drug-likeness (QED) is 0.135. The zero-order chi connectivity index (χ0) is 53.4. The highest BCUT2D eigenvalue weighted by molar-refractivity contribution is 6.04. The molecule has 0 fully saturated rings. The summed E-state index contributed by atoms with van der Waals surface area (Å²) in [7, 11) is 24.7. The minimum Gasteiger partial charge on any atom is -0.378 e. The first-order valence-electron chi connectivity index (χ1n) is 25.6. The molecule has 0 spiro atoms. The first kappa shape index (κ1) is 56.7. The average Bonchev–Trinajstić information content (AvgIpc) is 3.42. The fraction of sp³-hybridized carbons (Fsp3) is 0.186. The highest BCUT2D eigenvalue weighted by Crippen LogP contribution is 2.27. The van der Waals surface area contributed by atoms with E-state index in [1.807, 2.05) is 0 Å². The van der Waals surface area contributed by atoms with Gasteiger partial charge in [-0.15, -0.1) is 0 Å². The van der Waals surface area contributed by atoms with Crippen LogP contribution in [0.3, 0.4) is 0 Å². The van der Waals surface area contributed by atoms with Gasteiger partial charge in [0, 0.05) is 95.8 Å². The Bertz CT molecular complexity index is 2880. The van der Waals surface area contributed by atoms with E-state index >= 15 is 0 Å². The molecule has 3 aliphatic carbocycles. The molecule has 6 aromatic rings. The summed E-state index contributed by atoms with van der Waals surface area (Å²) < 4.78 is 6.33. The van der Waals surface area contributed by atoms with Crippen molar-refractivity contribution in [3.8, 4) is 33.4 Å². The molecule has 6 nitrogen and oxygen atoms in total. The molecule has 0 radical (unpaired) electrons. The Morgan fingerprint density at radius 1 is 0.250 bits per heavy atom. The summed E-state index contributed by atoms with van der Waals surface area (Å²) in [6, 6.07) is 52.1. The van der Waals surface area contributed by atoms with Gasteiger partial charge in [0.05, 0.1) is 0 Å². The Labute approximate surface area is 456 Å². The molecule has 6 heteroatoms. The average molecular weight is 1000 g/mol. The third-order valence-corrected chi connectivity index (χ3v) is 13.1. The highest BCUT2D eigenvalue weighted by atomic mass is 15.1. The Morgan fingerprint density at radius 2 is 0.421 bits per heavy atom. The third-order valence-electron chi connectivity index (χ3n) is 13.1. The Morgan fingerprint density at radius 3 is 0.579 bits per heavy atom. The summed E-state index contributed by atoms with van der Waals surface area (Å²) in [6.07, 6.45) is 32.4. The molecule has 0 saturated heterocycles. The molecule has 0 N–H and O–H groups in total. The van der Waals surface area contributed by atoms with E-state index in [0.29, 0.717) is 0 Å². The molecule has 386 valence electrons. The molecule has 76 heavy (non-hydrogen) atoms. The van der Waals surface area contributed by atoms with Crippen molar-refractivity contribution >= 4 is 52.4 Å². The van der Waals surface area contributed by atoms with Crippen LogP contribution < -0.4 is 14.7 Å². The smallest absolute Gasteiger partial charge is 0.199 e. The van der Waals surface area contributed by atoms with Crippen LogP contribution in [0.15, 0.2) is 235 Å². The Balaban J connectivity index is 0.000000184. The lowest BCUT2D eigenvalue weighted by molar-refractivity contribution is -0.462. The molecule has 0 atom stereocenters. The van der Waals surface area contributed by atoms with E-state index in [-0.39, 0.29) is 7.43 Å². The standard InChI is InChI=1S/3C23H25N2.CH4/c3*1-24(2)22-13-7-19(8-14-22)17-18-5-9-20(10-6-18)21-11-15-23(16-12-21)25(3)4;/h3*5-17H,1-4H3;1H4/q3*+1;. The summed E-state index contributed by atoms with van der Waals surface area (Å²) in [5.41, 5.74) is 22.0. The molecule has 9 rings (SSSR count). The molecule has 0 unspecified atom stereocenters. The third kappa shape index (κ3) is 16.2. The second kappa shape index (κ2) is 27.1. The van der Waals surface area contributed by atoms with Gasteiger partial charge in [0.2, 0.25) is 0 Å². The molecule has 0 saturated carbocycles. The van der Waals surface area contributed by atoms with Gasteiger partial charge in [0.25, 0.3) is 0 Å². The fourth-order valence-corrected chi connectivity index (χ4v) is 8.35. The molecular formula is C70H79N6+3. The van der Waals surface area contributed by atoms with Gasteiger partial charge in [0.1, 0.15) is 42.3 Å². The molecular weight excluding hydrogens is 925 g/mol. The predicted molar refractivity (Wildman–Crippen MR) is 335 cm³/mol. The Hall–Kier alpha value is -8.61. The number of nitrogens with zero attached hydrogens (tertiary/aromatic N) is 6. The van der Waals surface area contributed by atoms with Crippen molar-refractivity contribution in [2.24, 2.45) is 0 Å². The largest absolute Gasteiger partial charge is 0.378 e.